The highest BCUT2D eigenvalue weighted by molar-refractivity contribution is 9.10. The fourth-order valence-corrected chi connectivity index (χ4v) is 4.10. The molecule has 0 spiro atoms. The van der Waals surface area contributed by atoms with Crippen LogP contribution in [0.15, 0.2) is 22.2 Å². The summed E-state index contributed by atoms with van der Waals surface area (Å²) in [5, 5.41) is 2.29. The lowest BCUT2D eigenvalue weighted by Crippen LogP contribution is -2.58. The van der Waals surface area contributed by atoms with Crippen LogP contribution in [0, 0.1) is 12.3 Å². The maximum absolute atomic E-state index is 13.1. The largest absolute Gasteiger partial charge is 0.490 e. The van der Waals surface area contributed by atoms with Crippen LogP contribution in [0.4, 0.5) is 4.79 Å². The lowest BCUT2D eigenvalue weighted by molar-refractivity contribution is -0.132. The molecule has 1 heterocycles. The molecule has 3 rings (SSSR count). The lowest BCUT2D eigenvalue weighted by atomic mass is 9.93. The van der Waals surface area contributed by atoms with E-state index in [1.807, 2.05) is 6.92 Å². The van der Waals surface area contributed by atoms with E-state index < -0.39 is 17.8 Å². The summed E-state index contributed by atoms with van der Waals surface area (Å²) >= 11 is 3.44. The summed E-state index contributed by atoms with van der Waals surface area (Å²) < 4.78 is 11.7. The second-order valence-corrected chi connectivity index (χ2v) is 7.88. The van der Waals surface area contributed by atoms with Gasteiger partial charge >= 0.3 is 6.03 Å². The van der Waals surface area contributed by atoms with Crippen molar-refractivity contribution in [1.29, 1.82) is 0 Å². The van der Waals surface area contributed by atoms with E-state index >= 15 is 0 Å². The van der Waals surface area contributed by atoms with Crippen LogP contribution >= 0.6 is 15.9 Å². The first kappa shape index (κ1) is 21.9. The van der Waals surface area contributed by atoms with Crippen molar-refractivity contribution in [3.8, 4) is 23.8 Å². The number of amides is 4. The molecule has 2 aliphatic rings. The van der Waals surface area contributed by atoms with Gasteiger partial charge in [-0.3, -0.25) is 19.8 Å². The molecule has 2 fully saturated rings. The fraction of sp³-hybridized carbons (Fsp3) is 0.409. The Morgan fingerprint density at radius 3 is 2.57 bits per heavy atom. The van der Waals surface area contributed by atoms with Crippen LogP contribution in [0.2, 0.25) is 0 Å². The third-order valence-corrected chi connectivity index (χ3v) is 5.73. The molecule has 1 aliphatic carbocycles. The molecular formula is C22H23BrN2O5. The number of ether oxygens (including phenoxy) is 2. The minimum atomic E-state index is -0.713. The molecule has 158 valence electrons. The summed E-state index contributed by atoms with van der Waals surface area (Å²) in [6.45, 7) is 2.30. The van der Waals surface area contributed by atoms with Gasteiger partial charge in [0.1, 0.15) is 12.2 Å². The van der Waals surface area contributed by atoms with Gasteiger partial charge in [-0.1, -0.05) is 41.1 Å². The average molecular weight is 475 g/mol. The Morgan fingerprint density at radius 1 is 1.20 bits per heavy atom. The molecule has 1 saturated carbocycles. The standard InChI is InChI=1S/C22H23BrN2O5/c1-3-10-30-19-13-17(23)14(12-18(19)29-4-2)11-16-20(26)24-22(28)25(21(16)27)15-8-6-5-7-9-15/h1,11-13,15H,4-10H2,2H3,(H,24,26,28). The zero-order valence-corrected chi connectivity index (χ0v) is 18.3. The number of hydrogen-bond acceptors (Lipinski definition) is 5. The van der Waals surface area contributed by atoms with Gasteiger partial charge in [-0.2, -0.15) is 0 Å². The van der Waals surface area contributed by atoms with E-state index in [1.165, 1.54) is 11.0 Å². The highest BCUT2D eigenvalue weighted by Crippen LogP contribution is 2.35. The number of rotatable bonds is 6. The minimum absolute atomic E-state index is 0.0757. The van der Waals surface area contributed by atoms with E-state index in [0.29, 0.717) is 28.1 Å². The van der Waals surface area contributed by atoms with Crippen molar-refractivity contribution >= 4 is 39.9 Å². The van der Waals surface area contributed by atoms with Crippen LogP contribution in [0.3, 0.4) is 0 Å². The van der Waals surface area contributed by atoms with Gasteiger partial charge in [0, 0.05) is 10.5 Å². The Kier molecular flexibility index (Phi) is 7.16. The van der Waals surface area contributed by atoms with E-state index in [4.69, 9.17) is 15.9 Å². The SMILES string of the molecule is C#CCOc1cc(Br)c(C=C2C(=O)NC(=O)N(C3CCCCC3)C2=O)cc1OCC. The third-order valence-electron chi connectivity index (χ3n) is 5.05. The molecule has 1 aromatic rings. The van der Waals surface area contributed by atoms with E-state index in [1.54, 1.807) is 12.1 Å². The van der Waals surface area contributed by atoms with Crippen molar-refractivity contribution < 1.29 is 23.9 Å². The molecule has 30 heavy (non-hydrogen) atoms. The number of halogens is 1. The zero-order chi connectivity index (χ0) is 21.7. The summed E-state index contributed by atoms with van der Waals surface area (Å²) in [6.07, 6.45) is 11.2. The van der Waals surface area contributed by atoms with Crippen LogP contribution in [0.25, 0.3) is 6.08 Å². The number of terminal acetylenes is 1. The summed E-state index contributed by atoms with van der Waals surface area (Å²) in [5.41, 5.74) is 0.448. The quantitative estimate of drug-likeness (QED) is 0.386. The number of benzene rings is 1. The van der Waals surface area contributed by atoms with Gasteiger partial charge < -0.3 is 9.47 Å². The Balaban J connectivity index is 1.96. The fourth-order valence-electron chi connectivity index (χ4n) is 3.66. The van der Waals surface area contributed by atoms with E-state index in [0.717, 1.165) is 32.1 Å². The van der Waals surface area contributed by atoms with E-state index in [9.17, 15) is 14.4 Å². The second-order valence-electron chi connectivity index (χ2n) is 7.03. The molecule has 1 aromatic carbocycles. The highest BCUT2D eigenvalue weighted by Gasteiger charge is 2.40. The van der Waals surface area contributed by atoms with Crippen LogP contribution in [0.5, 0.6) is 11.5 Å². The number of imide groups is 2. The predicted octanol–water partition coefficient (Wildman–Crippen LogP) is 3.65. The molecule has 1 aliphatic heterocycles. The maximum atomic E-state index is 13.1. The molecule has 0 unspecified atom stereocenters. The molecule has 0 atom stereocenters. The van der Waals surface area contributed by atoms with Crippen LogP contribution < -0.4 is 14.8 Å². The Labute approximate surface area is 183 Å². The minimum Gasteiger partial charge on any atom is -0.490 e. The van der Waals surface area contributed by atoms with Gasteiger partial charge in [-0.05, 0) is 43.5 Å². The van der Waals surface area contributed by atoms with Crippen molar-refractivity contribution in [2.24, 2.45) is 0 Å². The van der Waals surface area contributed by atoms with Gasteiger partial charge in [0.15, 0.2) is 11.5 Å². The lowest BCUT2D eigenvalue weighted by Gasteiger charge is -2.35. The van der Waals surface area contributed by atoms with Gasteiger partial charge in [0.2, 0.25) is 0 Å². The average Bonchev–Trinajstić information content (AvgIpc) is 2.72. The first-order valence-corrected chi connectivity index (χ1v) is 10.7. The summed E-state index contributed by atoms with van der Waals surface area (Å²) in [6, 6.07) is 2.49. The summed E-state index contributed by atoms with van der Waals surface area (Å²) in [7, 11) is 0. The molecule has 1 N–H and O–H groups in total. The number of hydrogen-bond donors (Lipinski definition) is 1. The van der Waals surface area contributed by atoms with Crippen molar-refractivity contribution in [2.45, 2.75) is 45.1 Å². The monoisotopic (exact) mass is 474 g/mol. The zero-order valence-electron chi connectivity index (χ0n) is 16.7. The van der Waals surface area contributed by atoms with Gasteiger partial charge in [-0.25, -0.2) is 4.79 Å². The number of carbonyl (C=O) groups excluding carboxylic acids is 3. The third kappa shape index (κ3) is 4.68. The molecule has 0 radical (unpaired) electrons. The topological polar surface area (TPSA) is 84.9 Å². The highest BCUT2D eigenvalue weighted by atomic mass is 79.9. The Hall–Kier alpha value is -2.79. The molecule has 4 amide bonds. The Bertz CT molecular complexity index is 928. The Morgan fingerprint density at radius 2 is 1.90 bits per heavy atom. The van der Waals surface area contributed by atoms with Crippen molar-refractivity contribution in [3.63, 3.8) is 0 Å². The number of barbiturate groups is 1. The normalized spacial score (nSPS) is 18.9. The second kappa shape index (κ2) is 9.81. The number of nitrogens with zero attached hydrogens (tertiary/aromatic N) is 1. The molecule has 0 bridgehead atoms. The van der Waals surface area contributed by atoms with Gasteiger partial charge in [0.05, 0.1) is 6.61 Å². The first-order chi connectivity index (χ1) is 14.5. The van der Waals surface area contributed by atoms with Crippen LogP contribution in [-0.2, 0) is 9.59 Å². The molecule has 0 aromatic heterocycles. The molecule has 7 nitrogen and oxygen atoms in total. The number of nitrogens with one attached hydrogen (secondary N) is 1. The molecule has 1 saturated heterocycles. The van der Waals surface area contributed by atoms with Gasteiger partial charge in [0.25, 0.3) is 11.8 Å². The van der Waals surface area contributed by atoms with Gasteiger partial charge in [-0.15, -0.1) is 6.42 Å². The summed E-state index contributed by atoms with van der Waals surface area (Å²) in [4.78, 5) is 39.0. The van der Waals surface area contributed by atoms with Crippen LogP contribution in [-0.4, -0.2) is 42.0 Å². The van der Waals surface area contributed by atoms with Crippen molar-refractivity contribution in [1.82, 2.24) is 10.2 Å². The van der Waals surface area contributed by atoms with E-state index in [2.05, 4.69) is 27.2 Å². The number of urea groups is 1. The molecule has 8 heteroatoms. The van der Waals surface area contributed by atoms with Crippen LogP contribution in [0.1, 0.15) is 44.6 Å². The smallest absolute Gasteiger partial charge is 0.331 e. The van der Waals surface area contributed by atoms with Crippen molar-refractivity contribution in [2.75, 3.05) is 13.2 Å². The van der Waals surface area contributed by atoms with E-state index in [-0.39, 0.29) is 18.2 Å². The molecular weight excluding hydrogens is 452 g/mol. The maximum Gasteiger partial charge on any atom is 0.331 e. The summed E-state index contributed by atoms with van der Waals surface area (Å²) in [5.74, 6) is 1.99. The first-order valence-electron chi connectivity index (χ1n) is 9.89. The van der Waals surface area contributed by atoms with Crippen molar-refractivity contribution in [3.05, 3.63) is 27.7 Å². The predicted molar refractivity (Wildman–Crippen MR) is 115 cm³/mol. The number of carbonyl (C=O) groups is 3.